The van der Waals surface area contributed by atoms with Crippen LogP contribution in [0.4, 0.5) is 0 Å². The van der Waals surface area contributed by atoms with E-state index in [9.17, 15) is 0 Å². The average Bonchev–Trinajstić information content (AvgIpc) is 3.02. The minimum absolute atomic E-state index is 0. The molecule has 0 saturated heterocycles. The Morgan fingerprint density at radius 1 is 0.647 bits per heavy atom. The van der Waals surface area contributed by atoms with Crippen molar-refractivity contribution in [2.45, 2.75) is 7.43 Å². The van der Waals surface area contributed by atoms with E-state index in [-0.39, 0.29) is 7.43 Å². The van der Waals surface area contributed by atoms with Gasteiger partial charge in [0.15, 0.2) is 0 Å². The van der Waals surface area contributed by atoms with Crippen molar-refractivity contribution in [3.05, 3.63) is 55.2 Å². The van der Waals surface area contributed by atoms with Crippen LogP contribution in [-0.4, -0.2) is 0 Å². The molecule has 3 rings (SSSR count). The van der Waals surface area contributed by atoms with Crippen LogP contribution in [0.1, 0.15) is 7.43 Å². The van der Waals surface area contributed by atoms with Gasteiger partial charge in [-0.3, -0.25) is 0 Å². The third-order valence-electron chi connectivity index (χ3n) is 2.09. The van der Waals surface area contributed by atoms with E-state index in [0.717, 1.165) is 13.9 Å². The van der Waals surface area contributed by atoms with Crippen LogP contribution >= 0.6 is 0 Å². The Morgan fingerprint density at radius 3 is 1.24 bits per heavy atom. The van der Waals surface area contributed by atoms with Gasteiger partial charge in [-0.15, -0.1) is 0 Å². The van der Waals surface area contributed by atoms with Crippen molar-refractivity contribution >= 4 is 13.9 Å². The summed E-state index contributed by atoms with van der Waals surface area (Å²) in [6, 6.07) is 11.6. The van der Waals surface area contributed by atoms with Crippen molar-refractivity contribution in [3.8, 4) is 0 Å². The molecule has 0 fully saturated rings. The van der Waals surface area contributed by atoms with E-state index in [0.29, 0.717) is 0 Å². The standard InChI is InChI=1S/3C4H3O.CH4.Cr/c3*1-2-4-5-3-1;;/h3*1-3H;1H4;. The second-order valence-corrected chi connectivity index (χ2v) is 5.94. The van der Waals surface area contributed by atoms with Gasteiger partial charge in [0.2, 0.25) is 0 Å². The molecule has 0 aliphatic rings. The molecule has 0 unspecified atom stereocenters. The number of hydrogen-bond acceptors (Lipinski definition) is 3. The fourth-order valence-corrected chi connectivity index (χ4v) is 4.08. The Hall–Kier alpha value is -1.63. The first-order valence-corrected chi connectivity index (χ1v) is 6.71. The quantitative estimate of drug-likeness (QED) is 0.730. The number of rotatable bonds is 3. The van der Waals surface area contributed by atoms with E-state index in [1.165, 1.54) is 0 Å². The van der Waals surface area contributed by atoms with Crippen LogP contribution in [-0.2, 0) is 14.1 Å². The zero-order valence-electron chi connectivity index (χ0n) is 8.33. The molecule has 89 valence electrons. The molecule has 0 spiro atoms. The predicted octanol–water partition coefficient (Wildman–Crippen LogP) is 2.00. The molecule has 0 aliphatic carbocycles. The molecular formula is C13H13CrO3. The van der Waals surface area contributed by atoms with Gasteiger partial charge in [0.05, 0.1) is 0 Å². The molecular weight excluding hydrogens is 256 g/mol. The zero-order chi connectivity index (χ0) is 10.8. The van der Waals surface area contributed by atoms with Crippen LogP contribution in [0.3, 0.4) is 0 Å². The van der Waals surface area contributed by atoms with E-state index in [1.807, 2.05) is 36.4 Å². The Morgan fingerprint density at radius 2 is 1.00 bits per heavy atom. The number of hydrogen-bond donors (Lipinski definition) is 0. The molecule has 3 heterocycles. The molecule has 0 amide bonds. The molecule has 3 nitrogen and oxygen atoms in total. The van der Waals surface area contributed by atoms with Crippen LogP contribution in [0, 0.1) is 0 Å². The van der Waals surface area contributed by atoms with Gasteiger partial charge >= 0.3 is 96.5 Å². The molecule has 4 heteroatoms. The Labute approximate surface area is 104 Å². The SMILES string of the molecule is C.c1co[c]([Cr]([c]2ccco2)[c]2ccco2)c1. The summed E-state index contributed by atoms with van der Waals surface area (Å²) in [5.74, 6) is 0. The first-order valence-electron chi connectivity index (χ1n) is 4.80. The molecule has 0 N–H and O–H groups in total. The van der Waals surface area contributed by atoms with Crippen LogP contribution < -0.4 is 13.9 Å². The van der Waals surface area contributed by atoms with Crippen molar-refractivity contribution in [2.24, 2.45) is 0 Å². The molecule has 0 aromatic carbocycles. The molecule has 17 heavy (non-hydrogen) atoms. The van der Waals surface area contributed by atoms with Crippen LogP contribution in [0.25, 0.3) is 0 Å². The van der Waals surface area contributed by atoms with E-state index >= 15 is 0 Å². The first kappa shape index (κ1) is 11.8. The molecule has 3 aromatic heterocycles. The second kappa shape index (κ2) is 5.13. The fourth-order valence-electron chi connectivity index (χ4n) is 1.44. The molecule has 0 bridgehead atoms. The first-order chi connectivity index (χ1) is 7.95. The van der Waals surface area contributed by atoms with E-state index in [1.54, 1.807) is 18.8 Å². The van der Waals surface area contributed by atoms with Crippen LogP contribution in [0.5, 0.6) is 0 Å². The van der Waals surface area contributed by atoms with Gasteiger partial charge in [0.1, 0.15) is 0 Å². The maximum absolute atomic E-state index is 5.48. The summed E-state index contributed by atoms with van der Waals surface area (Å²) in [7, 11) is 0. The third kappa shape index (κ3) is 2.24. The molecule has 0 aliphatic heterocycles. The molecule has 3 aromatic rings. The van der Waals surface area contributed by atoms with Crippen molar-refractivity contribution in [2.75, 3.05) is 0 Å². The predicted molar refractivity (Wildman–Crippen MR) is 61.8 cm³/mol. The summed E-state index contributed by atoms with van der Waals surface area (Å²) in [6.07, 6.45) is 5.03. The average molecular weight is 269 g/mol. The summed E-state index contributed by atoms with van der Waals surface area (Å²) in [5.41, 5.74) is 0. The van der Waals surface area contributed by atoms with Gasteiger partial charge in [-0.25, -0.2) is 0 Å². The van der Waals surface area contributed by atoms with Gasteiger partial charge in [0.25, 0.3) is 0 Å². The monoisotopic (exact) mass is 269 g/mol. The van der Waals surface area contributed by atoms with E-state index in [4.69, 9.17) is 13.3 Å². The summed E-state index contributed by atoms with van der Waals surface area (Å²) < 4.78 is 19.2. The van der Waals surface area contributed by atoms with E-state index < -0.39 is 14.1 Å². The Kier molecular flexibility index (Phi) is 3.58. The van der Waals surface area contributed by atoms with Crippen LogP contribution in [0.15, 0.2) is 68.4 Å². The fraction of sp³-hybridized carbons (Fsp3) is 0.0769. The Bertz CT molecular complexity index is 442. The van der Waals surface area contributed by atoms with Crippen molar-refractivity contribution < 1.29 is 27.4 Å². The van der Waals surface area contributed by atoms with E-state index in [2.05, 4.69) is 0 Å². The number of furan rings is 3. The summed E-state index contributed by atoms with van der Waals surface area (Å²) >= 11 is -1.51. The van der Waals surface area contributed by atoms with Crippen molar-refractivity contribution in [3.63, 3.8) is 0 Å². The van der Waals surface area contributed by atoms with Gasteiger partial charge in [0, 0.05) is 0 Å². The topological polar surface area (TPSA) is 39.4 Å². The van der Waals surface area contributed by atoms with Gasteiger partial charge in [-0.2, -0.15) is 0 Å². The van der Waals surface area contributed by atoms with Crippen LogP contribution in [0.2, 0.25) is 0 Å². The van der Waals surface area contributed by atoms with Gasteiger partial charge in [-0.1, -0.05) is 7.43 Å². The molecule has 0 atom stereocenters. The molecule has 0 radical (unpaired) electrons. The summed E-state index contributed by atoms with van der Waals surface area (Å²) in [4.78, 5) is 0. The van der Waals surface area contributed by atoms with Crippen molar-refractivity contribution in [1.29, 1.82) is 0 Å². The maximum atomic E-state index is 5.48. The summed E-state index contributed by atoms with van der Waals surface area (Å²) in [5, 5.41) is 0. The summed E-state index contributed by atoms with van der Waals surface area (Å²) in [6.45, 7) is 0. The molecule has 0 saturated carbocycles. The third-order valence-corrected chi connectivity index (χ3v) is 5.06. The van der Waals surface area contributed by atoms with Crippen molar-refractivity contribution in [1.82, 2.24) is 0 Å². The second-order valence-electron chi connectivity index (χ2n) is 3.10. The Balaban J connectivity index is 0.00000108. The minimum atomic E-state index is -1.51. The van der Waals surface area contributed by atoms with Gasteiger partial charge < -0.3 is 0 Å². The zero-order valence-corrected chi connectivity index (χ0v) is 9.60. The van der Waals surface area contributed by atoms with Gasteiger partial charge in [-0.05, 0) is 0 Å². The normalized spacial score (nSPS) is 10.4.